The van der Waals surface area contributed by atoms with Crippen molar-refractivity contribution in [3.63, 3.8) is 0 Å². The van der Waals surface area contributed by atoms with Crippen molar-refractivity contribution in [3.05, 3.63) is 0 Å². The van der Waals surface area contributed by atoms with Gasteiger partial charge >= 0.3 is 18.1 Å². The van der Waals surface area contributed by atoms with E-state index >= 15 is 0 Å². The number of nitrogens with one attached hydrogen (secondary N) is 1. The number of hydrogen-bond acceptors (Lipinski definition) is 3. The molecule has 0 aromatic rings. The highest BCUT2D eigenvalue weighted by molar-refractivity contribution is 5.87. The molecule has 0 aliphatic heterocycles. The Morgan fingerprint density at radius 1 is 1.20 bits per heavy atom. The first kappa shape index (κ1) is 18.7. The molecule has 0 rings (SSSR count). The average molecular weight is 297 g/mol. The van der Waals surface area contributed by atoms with Gasteiger partial charge in [-0.2, -0.15) is 13.2 Å². The number of hydrogen-bond donors (Lipinski definition) is 1. The SMILES string of the molecule is CCCCC(C)OC(=O)C(NC(=O)C(F)(F)F)C(C)C. The zero-order valence-electron chi connectivity index (χ0n) is 12.2. The van der Waals surface area contributed by atoms with Gasteiger partial charge in [-0.3, -0.25) is 4.79 Å². The van der Waals surface area contributed by atoms with E-state index in [1.807, 2.05) is 6.92 Å². The summed E-state index contributed by atoms with van der Waals surface area (Å²) in [6, 6.07) is -1.30. The summed E-state index contributed by atoms with van der Waals surface area (Å²) < 4.78 is 41.7. The Labute approximate surface area is 117 Å². The molecule has 1 amide bonds. The lowest BCUT2D eigenvalue weighted by Crippen LogP contribution is -2.50. The largest absolute Gasteiger partial charge is 0.471 e. The van der Waals surface area contributed by atoms with E-state index in [1.165, 1.54) is 0 Å². The van der Waals surface area contributed by atoms with Crippen LogP contribution in [0.15, 0.2) is 0 Å². The smallest absolute Gasteiger partial charge is 0.461 e. The van der Waals surface area contributed by atoms with Crippen LogP contribution >= 0.6 is 0 Å². The van der Waals surface area contributed by atoms with Crippen molar-refractivity contribution in [3.8, 4) is 0 Å². The highest BCUT2D eigenvalue weighted by atomic mass is 19.4. The van der Waals surface area contributed by atoms with E-state index in [9.17, 15) is 22.8 Å². The van der Waals surface area contributed by atoms with Gasteiger partial charge in [0.25, 0.3) is 0 Å². The van der Waals surface area contributed by atoms with Crippen molar-refractivity contribution in [1.82, 2.24) is 5.32 Å². The van der Waals surface area contributed by atoms with Gasteiger partial charge in [-0.05, 0) is 19.3 Å². The minimum atomic E-state index is -5.01. The second-order valence-electron chi connectivity index (χ2n) is 5.08. The van der Waals surface area contributed by atoms with Gasteiger partial charge in [-0.25, -0.2) is 4.79 Å². The number of halogens is 3. The van der Waals surface area contributed by atoms with Gasteiger partial charge in [0.15, 0.2) is 0 Å². The van der Waals surface area contributed by atoms with Crippen LogP contribution in [0.4, 0.5) is 13.2 Å². The molecule has 4 nitrogen and oxygen atoms in total. The van der Waals surface area contributed by atoms with E-state index in [0.717, 1.165) is 12.8 Å². The molecule has 2 atom stereocenters. The van der Waals surface area contributed by atoms with E-state index in [2.05, 4.69) is 0 Å². The molecule has 0 saturated heterocycles. The molecule has 0 saturated carbocycles. The van der Waals surface area contributed by atoms with Crippen molar-refractivity contribution < 1.29 is 27.5 Å². The van der Waals surface area contributed by atoms with Crippen LogP contribution < -0.4 is 5.32 Å². The number of rotatable bonds is 7. The predicted molar refractivity (Wildman–Crippen MR) is 67.9 cm³/mol. The molecule has 0 spiro atoms. The summed E-state index contributed by atoms with van der Waals surface area (Å²) in [7, 11) is 0. The van der Waals surface area contributed by atoms with Crippen LogP contribution in [0.1, 0.15) is 47.0 Å². The Balaban J connectivity index is 4.60. The van der Waals surface area contributed by atoms with Gasteiger partial charge in [0.2, 0.25) is 0 Å². The number of esters is 1. The maximum atomic E-state index is 12.2. The maximum absolute atomic E-state index is 12.2. The Morgan fingerprint density at radius 3 is 2.15 bits per heavy atom. The van der Waals surface area contributed by atoms with Gasteiger partial charge < -0.3 is 10.1 Å². The molecule has 0 aliphatic rings. The van der Waals surface area contributed by atoms with Crippen LogP contribution in [0.2, 0.25) is 0 Å². The lowest BCUT2D eigenvalue weighted by molar-refractivity contribution is -0.177. The molecule has 0 aliphatic carbocycles. The first-order chi connectivity index (χ1) is 9.09. The fraction of sp³-hybridized carbons (Fsp3) is 0.846. The molecule has 118 valence electrons. The van der Waals surface area contributed by atoms with Crippen LogP contribution in [0.25, 0.3) is 0 Å². The van der Waals surface area contributed by atoms with Crippen molar-refractivity contribution in [2.45, 2.75) is 65.3 Å². The third kappa shape index (κ3) is 6.77. The molecular formula is C13H22F3NO3. The Morgan fingerprint density at radius 2 is 1.75 bits per heavy atom. The summed E-state index contributed by atoms with van der Waals surface area (Å²) in [5, 5.41) is 1.68. The second-order valence-corrected chi connectivity index (χ2v) is 5.08. The zero-order valence-corrected chi connectivity index (χ0v) is 12.2. The monoisotopic (exact) mass is 297 g/mol. The minimum Gasteiger partial charge on any atom is -0.461 e. The first-order valence-corrected chi connectivity index (χ1v) is 6.67. The van der Waals surface area contributed by atoms with Crippen molar-refractivity contribution in [1.29, 1.82) is 0 Å². The van der Waals surface area contributed by atoms with Crippen molar-refractivity contribution in [2.75, 3.05) is 0 Å². The van der Waals surface area contributed by atoms with Gasteiger partial charge in [0.05, 0.1) is 6.10 Å². The molecule has 0 radical (unpaired) electrons. The summed E-state index contributed by atoms with van der Waals surface area (Å²) in [5.41, 5.74) is 0. The minimum absolute atomic E-state index is 0.383. The summed E-state index contributed by atoms with van der Waals surface area (Å²) >= 11 is 0. The van der Waals surface area contributed by atoms with Crippen LogP contribution in [-0.4, -0.2) is 30.2 Å². The summed E-state index contributed by atoms with van der Waals surface area (Å²) in [4.78, 5) is 22.7. The van der Waals surface area contributed by atoms with E-state index in [0.29, 0.717) is 6.42 Å². The first-order valence-electron chi connectivity index (χ1n) is 6.67. The topological polar surface area (TPSA) is 55.4 Å². The fourth-order valence-corrected chi connectivity index (χ4v) is 1.54. The fourth-order valence-electron chi connectivity index (χ4n) is 1.54. The van der Waals surface area contributed by atoms with Gasteiger partial charge in [0, 0.05) is 0 Å². The van der Waals surface area contributed by atoms with Crippen LogP contribution in [0.5, 0.6) is 0 Å². The highest BCUT2D eigenvalue weighted by Crippen LogP contribution is 2.16. The molecular weight excluding hydrogens is 275 g/mol. The highest BCUT2D eigenvalue weighted by Gasteiger charge is 2.41. The molecule has 0 heterocycles. The third-order valence-corrected chi connectivity index (χ3v) is 2.75. The Bertz CT molecular complexity index is 329. The van der Waals surface area contributed by atoms with Crippen molar-refractivity contribution >= 4 is 11.9 Å². The molecule has 0 fully saturated rings. The number of alkyl halides is 3. The zero-order chi connectivity index (χ0) is 15.9. The number of ether oxygens (including phenoxy) is 1. The third-order valence-electron chi connectivity index (χ3n) is 2.75. The summed E-state index contributed by atoms with van der Waals surface area (Å²) in [6.45, 7) is 6.74. The van der Waals surface area contributed by atoms with Crippen LogP contribution in [-0.2, 0) is 14.3 Å². The van der Waals surface area contributed by atoms with E-state index in [1.54, 1.807) is 26.1 Å². The van der Waals surface area contributed by atoms with Gasteiger partial charge in [-0.1, -0.05) is 33.6 Å². The normalized spacial score (nSPS) is 14.8. The molecule has 0 aromatic heterocycles. The maximum Gasteiger partial charge on any atom is 0.471 e. The van der Waals surface area contributed by atoms with Crippen LogP contribution in [0, 0.1) is 5.92 Å². The lowest BCUT2D eigenvalue weighted by atomic mass is 10.0. The average Bonchev–Trinajstić information content (AvgIpc) is 2.31. The van der Waals surface area contributed by atoms with E-state index in [-0.39, 0.29) is 6.10 Å². The lowest BCUT2D eigenvalue weighted by Gasteiger charge is -2.23. The van der Waals surface area contributed by atoms with Gasteiger partial charge in [-0.15, -0.1) is 0 Å². The molecule has 7 heteroatoms. The number of carbonyl (C=O) groups excluding carboxylic acids is 2. The Hall–Kier alpha value is -1.27. The Kier molecular flexibility index (Phi) is 7.60. The molecule has 0 bridgehead atoms. The number of unbranched alkanes of at least 4 members (excludes halogenated alkanes) is 1. The van der Waals surface area contributed by atoms with E-state index < -0.39 is 30.0 Å². The van der Waals surface area contributed by atoms with Crippen molar-refractivity contribution in [2.24, 2.45) is 5.92 Å². The molecule has 20 heavy (non-hydrogen) atoms. The van der Waals surface area contributed by atoms with Gasteiger partial charge in [0.1, 0.15) is 6.04 Å². The molecule has 2 unspecified atom stereocenters. The van der Waals surface area contributed by atoms with Crippen LogP contribution in [0.3, 0.4) is 0 Å². The standard InChI is InChI=1S/C13H22F3NO3/c1-5-6-7-9(4)20-11(18)10(8(2)3)17-12(19)13(14,15)16/h8-10H,5-7H2,1-4H3,(H,17,19). The summed E-state index contributed by atoms with van der Waals surface area (Å²) in [5.74, 6) is -3.46. The molecule has 1 N–H and O–H groups in total. The second kappa shape index (κ2) is 8.11. The van der Waals surface area contributed by atoms with E-state index in [4.69, 9.17) is 4.74 Å². The number of carbonyl (C=O) groups is 2. The summed E-state index contributed by atoms with van der Waals surface area (Å²) in [6.07, 6.45) is -2.97. The number of amides is 1. The quantitative estimate of drug-likeness (QED) is 0.735. The molecule has 0 aromatic carbocycles. The predicted octanol–water partition coefficient (Wildman–Crippen LogP) is 2.81.